The van der Waals surface area contributed by atoms with Crippen molar-refractivity contribution in [3.63, 3.8) is 0 Å². The van der Waals surface area contributed by atoms with E-state index in [-0.39, 0.29) is 50.4 Å². The van der Waals surface area contributed by atoms with E-state index in [2.05, 4.69) is 314 Å². The molecule has 132 heavy (non-hydrogen) atoms. The molecule has 0 spiro atoms. The largest absolute Gasteiger partial charge is 0.247 e. The number of hydrogen-bond donors (Lipinski definition) is 0. The molecule has 0 aliphatic rings. The van der Waals surface area contributed by atoms with Crippen LogP contribution in [0.1, 0.15) is 0 Å². The van der Waals surface area contributed by atoms with Crippen molar-refractivity contribution >= 4 is 251 Å². The van der Waals surface area contributed by atoms with Crippen LogP contribution in [-0.2, 0) is 0 Å². The number of benzene rings is 18. The Morgan fingerprint density at radius 1 is 0.159 bits per heavy atom. The molecule has 0 saturated carbocycles. The highest BCUT2D eigenvalue weighted by molar-refractivity contribution is 8.00. The van der Waals surface area contributed by atoms with Gasteiger partial charge >= 0.3 is 0 Å². The molecule has 27 heteroatoms. The molecule has 0 amide bonds. The van der Waals surface area contributed by atoms with Crippen LogP contribution in [0.15, 0.2) is 357 Å². The SMILES string of the molecule is Fc1cc2nc3n(c2cc1F)c1nc2cc(F)c(F)cc2n1c1nc2cc(F)c(F)cc2n31.c1ccc(Sc2ccc3nc4n(c3c2)c2nc3ccc(Sc5ccccc5)cc3n2c2nc3ccc(Sc5ccccc5)cc3n42)cc1.c1ccc2c(c1)c1ccccc1c1c2nc2n1c1nc3c4ccccc4c4ccccc4c3n1c1nc3c4ccccc4c4ccccc4c3n21. The fourth-order valence-corrected chi connectivity index (χ4v) is 22.2. The van der Waals surface area contributed by atoms with Crippen LogP contribution in [0.2, 0.25) is 0 Å². The lowest BCUT2D eigenvalue weighted by molar-refractivity contribution is 0.510. The third-order valence-corrected chi connectivity index (χ3v) is 28.1. The number of hydrogen-bond acceptors (Lipinski definition) is 12. The van der Waals surface area contributed by atoms with Crippen LogP contribution in [0.5, 0.6) is 0 Å². The quantitative estimate of drug-likeness (QED) is 0.115. The van der Waals surface area contributed by atoms with Crippen molar-refractivity contribution < 1.29 is 26.3 Å². The first kappa shape index (κ1) is 74.5. The summed E-state index contributed by atoms with van der Waals surface area (Å²) in [4.78, 5) is 52.5. The number of imidazole rings is 9. The topological polar surface area (TPSA) is 156 Å². The van der Waals surface area contributed by atoms with Gasteiger partial charge in [-0.15, -0.1) is 0 Å². The minimum Gasteiger partial charge on any atom is -0.247 e. The zero-order valence-electron chi connectivity index (χ0n) is 68.2. The summed E-state index contributed by atoms with van der Waals surface area (Å²) in [5.74, 6) is -2.06. The summed E-state index contributed by atoms with van der Waals surface area (Å²) in [5.41, 5.74) is 12.1. The van der Waals surface area contributed by atoms with Gasteiger partial charge in [-0.3, -0.25) is 0 Å². The molecule has 18 aromatic carbocycles. The number of halogens is 6. The molecule has 0 N–H and O–H groups in total. The fraction of sp³-hybridized carbons (Fsp3) is 0. The molecule has 0 fully saturated rings. The van der Waals surface area contributed by atoms with Crippen molar-refractivity contribution in [2.24, 2.45) is 0 Å². The predicted molar refractivity (Wildman–Crippen MR) is 512 cm³/mol. The van der Waals surface area contributed by atoms with E-state index in [1.165, 1.54) is 60.2 Å². The van der Waals surface area contributed by atoms with E-state index in [4.69, 9.17) is 29.9 Å². The van der Waals surface area contributed by atoms with Crippen LogP contribution in [0.4, 0.5) is 26.3 Å². The molecule has 0 saturated heterocycles. The summed E-state index contributed by atoms with van der Waals surface area (Å²) in [7, 11) is 0. The minimum atomic E-state index is -1.15. The Kier molecular flexibility index (Phi) is 15.8. The molecule has 0 unspecified atom stereocenters. The van der Waals surface area contributed by atoms with Gasteiger partial charge in [0.05, 0.1) is 99.3 Å². The second-order valence-corrected chi connectivity index (χ2v) is 36.0. The van der Waals surface area contributed by atoms with Crippen molar-refractivity contribution in [3.8, 4) is 0 Å². The van der Waals surface area contributed by atoms with Gasteiger partial charge in [-0.05, 0) is 123 Å². The third kappa shape index (κ3) is 10.8. The highest BCUT2D eigenvalue weighted by atomic mass is 32.2. The Morgan fingerprint density at radius 3 is 0.614 bits per heavy atom. The first-order chi connectivity index (χ1) is 64.9. The Balaban J connectivity index is 0.000000101. The normalized spacial score (nSPS) is 12.4. The third-order valence-electron chi connectivity index (χ3n) is 25.1. The van der Waals surface area contributed by atoms with Gasteiger partial charge < -0.3 is 0 Å². The van der Waals surface area contributed by atoms with E-state index in [0.717, 1.165) is 184 Å². The van der Waals surface area contributed by atoms with E-state index in [9.17, 15) is 26.3 Å². The molecule has 30 aromatic rings. The van der Waals surface area contributed by atoms with Gasteiger partial charge in [0.2, 0.25) is 52.0 Å². The lowest BCUT2D eigenvalue weighted by Gasteiger charge is -2.10. The second kappa shape index (κ2) is 27.9. The van der Waals surface area contributed by atoms with Crippen LogP contribution in [-0.4, -0.2) is 84.5 Å². The Hall–Kier alpha value is -16.6. The average Bonchev–Trinajstić information content (AvgIpc) is 1.51. The summed E-state index contributed by atoms with van der Waals surface area (Å²) in [6, 6.07) is 108. The van der Waals surface area contributed by atoms with Gasteiger partial charge in [0.15, 0.2) is 34.9 Å². The van der Waals surface area contributed by atoms with Gasteiger partial charge in [-0.25, -0.2) is 111 Å². The fourth-order valence-electron chi connectivity index (χ4n) is 19.6. The highest BCUT2D eigenvalue weighted by Gasteiger charge is 2.31. The second-order valence-electron chi connectivity index (χ2n) is 32.6. The Bertz CT molecular complexity index is 9340. The molecule has 12 aromatic heterocycles. The van der Waals surface area contributed by atoms with E-state index < -0.39 is 34.9 Å². The highest BCUT2D eigenvalue weighted by Crippen LogP contribution is 2.46. The zero-order chi connectivity index (χ0) is 87.3. The number of nitrogens with zero attached hydrogens (tertiary/aromatic N) is 18. The molecular formula is C105H54F6N18S3. The summed E-state index contributed by atoms with van der Waals surface area (Å²) in [6.45, 7) is 0. The van der Waals surface area contributed by atoms with E-state index in [1.807, 2.05) is 18.2 Å². The summed E-state index contributed by atoms with van der Waals surface area (Å²) >= 11 is 5.24. The Morgan fingerprint density at radius 2 is 0.356 bits per heavy atom. The summed E-state index contributed by atoms with van der Waals surface area (Å²) in [6.07, 6.45) is 0. The maximum atomic E-state index is 14.1. The number of fused-ring (bicyclic) bond motifs is 51. The predicted octanol–water partition coefficient (Wildman–Crippen LogP) is 26.5. The maximum Gasteiger partial charge on any atom is 0.225 e. The van der Waals surface area contributed by atoms with Crippen LogP contribution in [0.3, 0.4) is 0 Å². The molecule has 624 valence electrons. The molecule has 0 radical (unpaired) electrons. The van der Waals surface area contributed by atoms with Crippen LogP contribution >= 0.6 is 35.3 Å². The van der Waals surface area contributed by atoms with Crippen molar-refractivity contribution in [2.45, 2.75) is 29.4 Å². The number of aromatic nitrogens is 18. The van der Waals surface area contributed by atoms with Gasteiger partial charge in [0.1, 0.15) is 0 Å². The van der Waals surface area contributed by atoms with Gasteiger partial charge in [-0.2, -0.15) is 0 Å². The zero-order valence-corrected chi connectivity index (χ0v) is 70.7. The first-order valence-corrected chi connectivity index (χ1v) is 44.7. The lowest BCUT2D eigenvalue weighted by Crippen LogP contribution is -2.04. The van der Waals surface area contributed by atoms with Crippen molar-refractivity contribution in [1.29, 1.82) is 0 Å². The molecule has 0 atom stereocenters. The van der Waals surface area contributed by atoms with Crippen LogP contribution in [0, 0.1) is 34.9 Å². The maximum absolute atomic E-state index is 14.1. The van der Waals surface area contributed by atoms with E-state index in [0.29, 0.717) is 0 Å². The minimum absolute atomic E-state index is 0.0299. The van der Waals surface area contributed by atoms with E-state index >= 15 is 0 Å². The average molecular weight is 1780 g/mol. The molecule has 30 rings (SSSR count). The lowest BCUT2D eigenvalue weighted by atomic mass is 10.00. The Labute approximate surface area is 748 Å². The van der Waals surface area contributed by atoms with Crippen molar-refractivity contribution in [2.75, 3.05) is 0 Å². The smallest absolute Gasteiger partial charge is 0.225 e. The van der Waals surface area contributed by atoms with Gasteiger partial charge in [0.25, 0.3) is 0 Å². The first-order valence-electron chi connectivity index (χ1n) is 42.3. The summed E-state index contributed by atoms with van der Waals surface area (Å²) < 4.78 is 102. The van der Waals surface area contributed by atoms with Crippen LogP contribution in [0.25, 0.3) is 216 Å². The van der Waals surface area contributed by atoms with E-state index in [1.54, 1.807) is 35.3 Å². The molecular weight excluding hydrogens is 1720 g/mol. The van der Waals surface area contributed by atoms with Crippen molar-refractivity contribution in [3.05, 3.63) is 362 Å². The summed E-state index contributed by atoms with van der Waals surface area (Å²) in [5, 5.41) is 13.9. The van der Waals surface area contributed by atoms with Crippen LogP contribution < -0.4 is 0 Å². The van der Waals surface area contributed by atoms with Gasteiger partial charge in [-0.1, -0.05) is 235 Å². The van der Waals surface area contributed by atoms with Crippen molar-refractivity contribution in [1.82, 2.24) is 84.5 Å². The molecule has 0 aliphatic heterocycles. The molecule has 12 heterocycles. The number of rotatable bonds is 6. The van der Waals surface area contributed by atoms with Gasteiger partial charge in [0, 0.05) is 98.1 Å². The molecule has 0 aliphatic carbocycles. The standard InChI is InChI=1S/C45H24N6.C39H24N6S3.C21H6F6N6/c1-7-19-31-25(13-1)28-16-4-10-22-34(28)40-37(31)46-43-49(40)44-47-39-33-21-9-3-15-27(33)30-18-6-12-24-36(30)42(39)51(44)45-48-38-32-20-8-2-14-26(32)29-17-5-11-23-35(29)41(38)50(43)45;1-4-10-25(11-5-1)46-28-16-19-31-34(22-28)43-37(40-31)44-36-24-30(48-27-14-8-3-9-15-27)18-21-33(36)42-39(44)45-35-23-29(17-20-32(35)41-38(43)45)47-26-12-6-2-7-13-26;22-7-1-13-16(4-10(7)25)31-19(28-13)32-17-5-11(26)8(23)2-14(17)30-21(32)33-18-6-12(27)9(24)3-15(18)29-20(31)33/h1-24H;1-24H;1-6H. The molecule has 18 nitrogen and oxygen atoms in total. The monoisotopic (exact) mass is 1780 g/mol. The molecule has 0 bridgehead atoms.